The van der Waals surface area contributed by atoms with Gasteiger partial charge in [0.2, 0.25) is 0 Å². The Morgan fingerprint density at radius 1 is 0.938 bits per heavy atom. The molecule has 1 aliphatic heterocycles. The summed E-state index contributed by atoms with van der Waals surface area (Å²) in [6, 6.07) is 1.83. The van der Waals surface area contributed by atoms with Crippen LogP contribution >= 0.6 is 0 Å². The van der Waals surface area contributed by atoms with Gasteiger partial charge in [-0.2, -0.15) is 0 Å². The van der Waals surface area contributed by atoms with E-state index in [1.165, 1.54) is 71.0 Å². The summed E-state index contributed by atoms with van der Waals surface area (Å²) >= 11 is 0. The topological polar surface area (TPSA) is 15.3 Å². The van der Waals surface area contributed by atoms with Crippen molar-refractivity contribution in [2.45, 2.75) is 63.5 Å². The minimum atomic E-state index is 0.882. The highest BCUT2D eigenvalue weighted by molar-refractivity contribution is 4.88. The summed E-state index contributed by atoms with van der Waals surface area (Å²) in [5, 5.41) is 3.65. The largest absolute Gasteiger partial charge is 0.313 e. The molecular formula is C14H26N2. The van der Waals surface area contributed by atoms with Crippen molar-refractivity contribution < 1.29 is 0 Å². The van der Waals surface area contributed by atoms with Gasteiger partial charge in [0, 0.05) is 25.2 Å². The molecule has 3 aliphatic rings. The van der Waals surface area contributed by atoms with E-state index >= 15 is 0 Å². The monoisotopic (exact) mass is 222 g/mol. The van der Waals surface area contributed by atoms with Crippen molar-refractivity contribution in [2.24, 2.45) is 5.92 Å². The number of hydrogen-bond acceptors (Lipinski definition) is 2. The molecule has 0 spiro atoms. The Hall–Kier alpha value is -0.0800. The standard InChI is InChI=1S/C14H26N2/c1-2-5-12(4-1)14-6-3-10-16(14)11-9-15-13-7-8-13/h12-15H,1-11H2. The molecule has 0 aromatic heterocycles. The lowest BCUT2D eigenvalue weighted by molar-refractivity contribution is 0.191. The first-order valence-electron chi connectivity index (χ1n) is 7.41. The molecule has 2 saturated carbocycles. The fraction of sp³-hybridized carbons (Fsp3) is 1.00. The number of likely N-dealkylation sites (tertiary alicyclic amines) is 1. The van der Waals surface area contributed by atoms with Gasteiger partial charge in [-0.05, 0) is 51.0 Å². The Labute approximate surface area is 99.8 Å². The molecule has 3 fully saturated rings. The van der Waals surface area contributed by atoms with Gasteiger partial charge in [0.15, 0.2) is 0 Å². The lowest BCUT2D eigenvalue weighted by atomic mass is 9.96. The van der Waals surface area contributed by atoms with E-state index < -0.39 is 0 Å². The molecule has 0 bridgehead atoms. The summed E-state index contributed by atoms with van der Waals surface area (Å²) in [6.07, 6.45) is 11.8. The molecular weight excluding hydrogens is 196 g/mol. The predicted octanol–water partition coefficient (Wildman–Crippen LogP) is 2.39. The van der Waals surface area contributed by atoms with Crippen molar-refractivity contribution >= 4 is 0 Å². The van der Waals surface area contributed by atoms with E-state index in [-0.39, 0.29) is 0 Å². The fourth-order valence-corrected chi connectivity index (χ4v) is 3.71. The van der Waals surface area contributed by atoms with Crippen LogP contribution in [0.25, 0.3) is 0 Å². The number of rotatable bonds is 5. The minimum absolute atomic E-state index is 0.882. The molecule has 1 heterocycles. The predicted molar refractivity (Wildman–Crippen MR) is 67.6 cm³/mol. The van der Waals surface area contributed by atoms with Gasteiger partial charge in [0.25, 0.3) is 0 Å². The average molecular weight is 222 g/mol. The molecule has 2 nitrogen and oxygen atoms in total. The maximum absolute atomic E-state index is 3.65. The second-order valence-corrected chi connectivity index (χ2v) is 6.02. The zero-order valence-corrected chi connectivity index (χ0v) is 10.5. The van der Waals surface area contributed by atoms with Crippen LogP contribution in [-0.2, 0) is 0 Å². The third-order valence-corrected chi connectivity index (χ3v) is 4.77. The molecule has 2 aliphatic carbocycles. The number of hydrogen-bond donors (Lipinski definition) is 1. The van der Waals surface area contributed by atoms with Crippen LogP contribution < -0.4 is 5.32 Å². The summed E-state index contributed by atoms with van der Waals surface area (Å²) in [6.45, 7) is 3.90. The second kappa shape index (κ2) is 5.05. The van der Waals surface area contributed by atoms with E-state index in [0.717, 1.165) is 18.0 Å². The van der Waals surface area contributed by atoms with E-state index in [4.69, 9.17) is 0 Å². The zero-order chi connectivity index (χ0) is 10.8. The highest BCUT2D eigenvalue weighted by atomic mass is 15.2. The van der Waals surface area contributed by atoms with Crippen LogP contribution in [0.1, 0.15) is 51.4 Å². The molecule has 1 unspecified atom stereocenters. The van der Waals surface area contributed by atoms with E-state index in [9.17, 15) is 0 Å². The molecule has 0 aromatic rings. The quantitative estimate of drug-likeness (QED) is 0.768. The first-order valence-corrected chi connectivity index (χ1v) is 7.41. The maximum Gasteiger partial charge on any atom is 0.0124 e. The van der Waals surface area contributed by atoms with Crippen molar-refractivity contribution in [1.82, 2.24) is 10.2 Å². The van der Waals surface area contributed by atoms with Crippen LogP contribution in [-0.4, -0.2) is 36.6 Å². The summed E-state index contributed by atoms with van der Waals surface area (Å²) in [5.41, 5.74) is 0. The zero-order valence-electron chi connectivity index (χ0n) is 10.5. The van der Waals surface area contributed by atoms with Crippen LogP contribution in [0.3, 0.4) is 0 Å². The summed E-state index contributed by atoms with van der Waals surface area (Å²) in [7, 11) is 0. The smallest absolute Gasteiger partial charge is 0.0124 e. The molecule has 1 saturated heterocycles. The summed E-state index contributed by atoms with van der Waals surface area (Å²) < 4.78 is 0. The van der Waals surface area contributed by atoms with E-state index in [1.807, 2.05) is 0 Å². The average Bonchev–Trinajstić information content (AvgIpc) is 2.82. The molecule has 0 radical (unpaired) electrons. The van der Waals surface area contributed by atoms with Gasteiger partial charge >= 0.3 is 0 Å². The van der Waals surface area contributed by atoms with Crippen molar-refractivity contribution in [1.29, 1.82) is 0 Å². The van der Waals surface area contributed by atoms with Gasteiger partial charge < -0.3 is 5.32 Å². The Kier molecular flexibility index (Phi) is 3.49. The molecule has 0 amide bonds. The number of nitrogens with one attached hydrogen (secondary N) is 1. The van der Waals surface area contributed by atoms with Crippen LogP contribution in [0.5, 0.6) is 0 Å². The van der Waals surface area contributed by atoms with Gasteiger partial charge in [0.1, 0.15) is 0 Å². The second-order valence-electron chi connectivity index (χ2n) is 6.02. The highest BCUT2D eigenvalue weighted by Gasteiger charge is 2.32. The van der Waals surface area contributed by atoms with Crippen LogP contribution in [0.4, 0.5) is 0 Å². The first-order chi connectivity index (χ1) is 7.93. The van der Waals surface area contributed by atoms with Crippen molar-refractivity contribution in [3.05, 3.63) is 0 Å². The van der Waals surface area contributed by atoms with E-state index in [1.54, 1.807) is 0 Å². The normalized spacial score (nSPS) is 32.6. The molecule has 16 heavy (non-hydrogen) atoms. The van der Waals surface area contributed by atoms with Gasteiger partial charge in [0.05, 0.1) is 0 Å². The fourth-order valence-electron chi connectivity index (χ4n) is 3.71. The lowest BCUT2D eigenvalue weighted by Crippen LogP contribution is -2.39. The molecule has 1 N–H and O–H groups in total. The van der Waals surface area contributed by atoms with Crippen molar-refractivity contribution in [3.63, 3.8) is 0 Å². The maximum atomic E-state index is 3.65. The van der Waals surface area contributed by atoms with Gasteiger partial charge in [-0.3, -0.25) is 4.90 Å². The summed E-state index contributed by atoms with van der Waals surface area (Å²) in [5.74, 6) is 1.04. The van der Waals surface area contributed by atoms with Gasteiger partial charge in [-0.15, -0.1) is 0 Å². The van der Waals surface area contributed by atoms with Crippen LogP contribution in [0, 0.1) is 5.92 Å². The third kappa shape index (κ3) is 2.60. The molecule has 2 heteroatoms. The van der Waals surface area contributed by atoms with E-state index in [2.05, 4.69) is 10.2 Å². The summed E-state index contributed by atoms with van der Waals surface area (Å²) in [4.78, 5) is 2.78. The van der Waals surface area contributed by atoms with Gasteiger partial charge in [-0.25, -0.2) is 0 Å². The minimum Gasteiger partial charge on any atom is -0.313 e. The lowest BCUT2D eigenvalue weighted by Gasteiger charge is -2.29. The van der Waals surface area contributed by atoms with Crippen molar-refractivity contribution in [2.75, 3.05) is 19.6 Å². The Bertz CT molecular complexity index is 219. The SMILES string of the molecule is C1CCC(C2CCCN2CCNC2CC2)C1. The van der Waals surface area contributed by atoms with Crippen LogP contribution in [0.2, 0.25) is 0 Å². The highest BCUT2D eigenvalue weighted by Crippen LogP contribution is 2.35. The van der Waals surface area contributed by atoms with Crippen LogP contribution in [0.15, 0.2) is 0 Å². The van der Waals surface area contributed by atoms with Gasteiger partial charge in [-0.1, -0.05) is 12.8 Å². The molecule has 1 atom stereocenters. The number of nitrogens with zero attached hydrogens (tertiary/aromatic N) is 1. The van der Waals surface area contributed by atoms with Crippen molar-refractivity contribution in [3.8, 4) is 0 Å². The molecule has 92 valence electrons. The molecule has 0 aromatic carbocycles. The Morgan fingerprint density at radius 3 is 2.50 bits per heavy atom. The Morgan fingerprint density at radius 2 is 1.75 bits per heavy atom. The Balaban J connectivity index is 1.44. The first kappa shape index (κ1) is 11.0. The third-order valence-electron chi connectivity index (χ3n) is 4.77. The molecule has 3 rings (SSSR count). The van der Waals surface area contributed by atoms with E-state index in [0.29, 0.717) is 0 Å².